The Morgan fingerprint density at radius 3 is 2.88 bits per heavy atom. The van der Waals surface area contributed by atoms with Crippen LogP contribution in [-0.2, 0) is 0 Å². The summed E-state index contributed by atoms with van der Waals surface area (Å²) in [6, 6.07) is 0.535. The smallest absolute Gasteiger partial charge is 0.317 e. The van der Waals surface area contributed by atoms with E-state index in [1.54, 1.807) is 0 Å². The van der Waals surface area contributed by atoms with Gasteiger partial charge in [0.25, 0.3) is 0 Å². The van der Waals surface area contributed by atoms with E-state index in [1.165, 1.54) is 6.42 Å². The third-order valence-corrected chi connectivity index (χ3v) is 3.91. The van der Waals surface area contributed by atoms with E-state index in [-0.39, 0.29) is 6.03 Å². The maximum atomic E-state index is 11.9. The highest BCUT2D eigenvalue weighted by atomic mass is 16.2. The Morgan fingerprint density at radius 2 is 2.25 bits per heavy atom. The Labute approximate surface area is 97.8 Å². The molecule has 2 unspecified atom stereocenters. The zero-order valence-electron chi connectivity index (χ0n) is 10.5. The van der Waals surface area contributed by atoms with Crippen molar-refractivity contribution in [2.24, 2.45) is 11.3 Å². The van der Waals surface area contributed by atoms with Crippen LogP contribution in [0.1, 0.15) is 27.2 Å². The molecule has 0 aliphatic carbocycles. The number of rotatable bonds is 1. The molecule has 0 radical (unpaired) electrons. The lowest BCUT2D eigenvalue weighted by atomic mass is 9.75. The minimum absolute atomic E-state index is 0.0962. The summed E-state index contributed by atoms with van der Waals surface area (Å²) in [7, 11) is 0. The van der Waals surface area contributed by atoms with E-state index in [0.29, 0.717) is 23.9 Å². The van der Waals surface area contributed by atoms with Crippen LogP contribution in [0.2, 0.25) is 0 Å². The molecular weight excluding hydrogens is 202 g/mol. The van der Waals surface area contributed by atoms with Gasteiger partial charge in [-0.25, -0.2) is 4.79 Å². The van der Waals surface area contributed by atoms with Gasteiger partial charge >= 0.3 is 6.03 Å². The number of hydrogen-bond donors (Lipinski definition) is 2. The summed E-state index contributed by atoms with van der Waals surface area (Å²) < 4.78 is 0. The number of carbonyl (C=O) groups excluding carboxylic acids is 1. The zero-order chi connectivity index (χ0) is 11.8. The maximum Gasteiger partial charge on any atom is 0.317 e. The minimum atomic E-state index is 0.0962. The quantitative estimate of drug-likeness (QED) is 0.700. The predicted octanol–water partition coefficient (Wildman–Crippen LogP) is 1.04. The molecule has 3 aliphatic rings. The summed E-state index contributed by atoms with van der Waals surface area (Å²) in [5, 5.41) is 6.48. The molecule has 2 amide bonds. The van der Waals surface area contributed by atoms with Gasteiger partial charge in [-0.1, -0.05) is 13.8 Å². The molecule has 4 nitrogen and oxygen atoms in total. The van der Waals surface area contributed by atoms with Crippen molar-refractivity contribution in [3.63, 3.8) is 0 Å². The summed E-state index contributed by atoms with van der Waals surface area (Å²) in [5.74, 6) is 0.608. The second-order valence-electron chi connectivity index (χ2n) is 5.76. The van der Waals surface area contributed by atoms with Crippen LogP contribution < -0.4 is 10.6 Å². The van der Waals surface area contributed by atoms with Crippen LogP contribution in [0.15, 0.2) is 0 Å². The van der Waals surface area contributed by atoms with Crippen LogP contribution in [0.25, 0.3) is 0 Å². The first kappa shape index (κ1) is 11.7. The van der Waals surface area contributed by atoms with Gasteiger partial charge in [0.2, 0.25) is 0 Å². The summed E-state index contributed by atoms with van der Waals surface area (Å²) in [6.07, 6.45) is 1.22. The first-order valence-corrected chi connectivity index (χ1v) is 6.29. The number of fused-ring (bicyclic) bond motifs is 4. The van der Waals surface area contributed by atoms with Gasteiger partial charge in [0, 0.05) is 32.2 Å². The van der Waals surface area contributed by atoms with Crippen LogP contribution in [0.3, 0.4) is 0 Å². The molecule has 0 aromatic rings. The van der Waals surface area contributed by atoms with E-state index in [1.807, 2.05) is 11.8 Å². The van der Waals surface area contributed by atoms with Crippen molar-refractivity contribution in [1.29, 1.82) is 0 Å². The predicted molar refractivity (Wildman–Crippen MR) is 64.3 cm³/mol. The molecule has 3 rings (SSSR count). The lowest BCUT2D eigenvalue weighted by Crippen LogP contribution is -2.51. The molecule has 3 fully saturated rings. The number of urea groups is 1. The first-order chi connectivity index (χ1) is 7.53. The Morgan fingerprint density at radius 1 is 1.50 bits per heavy atom. The Balaban J connectivity index is 2.08. The summed E-state index contributed by atoms with van der Waals surface area (Å²) >= 11 is 0. The Hall–Kier alpha value is -0.770. The molecule has 16 heavy (non-hydrogen) atoms. The van der Waals surface area contributed by atoms with Crippen molar-refractivity contribution in [3.8, 4) is 0 Å². The van der Waals surface area contributed by atoms with Gasteiger partial charge in [-0.2, -0.15) is 0 Å². The van der Waals surface area contributed by atoms with E-state index in [9.17, 15) is 4.79 Å². The fourth-order valence-electron chi connectivity index (χ4n) is 3.02. The second-order valence-corrected chi connectivity index (χ2v) is 5.76. The Kier molecular flexibility index (Phi) is 3.10. The van der Waals surface area contributed by atoms with Crippen molar-refractivity contribution in [1.82, 2.24) is 15.5 Å². The molecule has 4 heteroatoms. The molecule has 0 aromatic carbocycles. The SMILES string of the molecule is CCNC(=O)N1CC2CNC(C1)C(C)(C)C2. The first-order valence-electron chi connectivity index (χ1n) is 6.29. The average molecular weight is 225 g/mol. The molecule has 3 heterocycles. The number of nitrogens with one attached hydrogen (secondary N) is 2. The van der Waals surface area contributed by atoms with Crippen molar-refractivity contribution < 1.29 is 4.79 Å². The highest BCUT2D eigenvalue weighted by Crippen LogP contribution is 2.36. The van der Waals surface area contributed by atoms with Gasteiger partial charge in [0.05, 0.1) is 0 Å². The maximum absolute atomic E-state index is 11.9. The van der Waals surface area contributed by atoms with Crippen molar-refractivity contribution in [3.05, 3.63) is 0 Å². The van der Waals surface area contributed by atoms with Crippen molar-refractivity contribution in [2.75, 3.05) is 26.2 Å². The largest absolute Gasteiger partial charge is 0.338 e. The highest BCUT2D eigenvalue weighted by molar-refractivity contribution is 5.74. The van der Waals surface area contributed by atoms with Crippen LogP contribution in [0, 0.1) is 11.3 Å². The zero-order valence-corrected chi connectivity index (χ0v) is 10.5. The standard InChI is InChI=1S/C12H23N3O/c1-4-13-11(16)15-7-9-5-12(2,3)10(8-15)14-6-9/h9-10,14H,4-8H2,1-3H3,(H,13,16). The molecule has 0 saturated carbocycles. The van der Waals surface area contributed by atoms with Crippen LogP contribution >= 0.6 is 0 Å². The van der Waals surface area contributed by atoms with Gasteiger partial charge in [0.15, 0.2) is 0 Å². The fourth-order valence-corrected chi connectivity index (χ4v) is 3.02. The van der Waals surface area contributed by atoms with E-state index in [2.05, 4.69) is 24.5 Å². The van der Waals surface area contributed by atoms with Gasteiger partial charge < -0.3 is 15.5 Å². The highest BCUT2D eigenvalue weighted by Gasteiger charge is 2.42. The van der Waals surface area contributed by atoms with Crippen LogP contribution in [0.5, 0.6) is 0 Å². The molecule has 0 aromatic heterocycles. The molecule has 92 valence electrons. The normalized spacial score (nSPS) is 32.3. The van der Waals surface area contributed by atoms with E-state index in [0.717, 1.165) is 19.6 Å². The molecule has 2 bridgehead atoms. The molecule has 0 spiro atoms. The lowest BCUT2D eigenvalue weighted by Gasteiger charge is -2.39. The number of carbonyl (C=O) groups is 1. The molecule has 3 saturated heterocycles. The van der Waals surface area contributed by atoms with Crippen molar-refractivity contribution >= 4 is 6.03 Å². The van der Waals surface area contributed by atoms with Crippen LogP contribution in [0.4, 0.5) is 4.79 Å². The van der Waals surface area contributed by atoms with E-state index >= 15 is 0 Å². The molecular formula is C12H23N3O. The third-order valence-electron chi connectivity index (χ3n) is 3.91. The monoisotopic (exact) mass is 225 g/mol. The van der Waals surface area contributed by atoms with E-state index in [4.69, 9.17) is 0 Å². The number of nitrogens with zero attached hydrogens (tertiary/aromatic N) is 1. The topological polar surface area (TPSA) is 44.4 Å². The number of amides is 2. The summed E-state index contributed by atoms with van der Waals surface area (Å²) in [5.41, 5.74) is 0.310. The lowest BCUT2D eigenvalue weighted by molar-refractivity contribution is 0.160. The van der Waals surface area contributed by atoms with Gasteiger partial charge in [-0.05, 0) is 24.7 Å². The van der Waals surface area contributed by atoms with Gasteiger partial charge in [-0.3, -0.25) is 0 Å². The summed E-state index contributed by atoms with van der Waals surface area (Å²) in [6.45, 7) is 10.1. The van der Waals surface area contributed by atoms with Gasteiger partial charge in [0.1, 0.15) is 0 Å². The molecule has 2 atom stereocenters. The van der Waals surface area contributed by atoms with Crippen molar-refractivity contribution in [2.45, 2.75) is 33.2 Å². The Bertz CT molecular complexity index is 277. The third kappa shape index (κ3) is 2.17. The molecule has 2 N–H and O–H groups in total. The number of piperidine rings is 1. The number of hydrogen-bond acceptors (Lipinski definition) is 2. The summed E-state index contributed by atoms with van der Waals surface area (Å²) in [4.78, 5) is 13.8. The van der Waals surface area contributed by atoms with E-state index < -0.39 is 0 Å². The average Bonchev–Trinajstić information content (AvgIpc) is 2.46. The minimum Gasteiger partial charge on any atom is -0.338 e. The van der Waals surface area contributed by atoms with Crippen LogP contribution in [-0.4, -0.2) is 43.2 Å². The fraction of sp³-hybridized carbons (Fsp3) is 0.917. The van der Waals surface area contributed by atoms with Gasteiger partial charge in [-0.15, -0.1) is 0 Å². The second kappa shape index (κ2) is 4.24. The molecule has 3 aliphatic heterocycles.